The molecule has 0 aromatic carbocycles. The Kier molecular flexibility index (Phi) is 8.70. The molecule has 0 bridgehead atoms. The largest absolute Gasteiger partial charge is 0.391 e. The van der Waals surface area contributed by atoms with E-state index in [1.165, 1.54) is 0 Å². The number of rotatable bonds is 6. The molecule has 0 aromatic rings. The number of nitrogens with two attached hydrogens (primary N) is 2. The molecule has 3 aliphatic heterocycles. The van der Waals surface area contributed by atoms with Gasteiger partial charge < -0.3 is 31.7 Å². The summed E-state index contributed by atoms with van der Waals surface area (Å²) in [4.78, 5) is 4.61. The molecule has 5 unspecified atom stereocenters. The number of nitrogens with zero attached hydrogens (tertiary/aromatic N) is 3. The number of halogens is 2. The topological polar surface area (TPSA) is 106 Å². The van der Waals surface area contributed by atoms with Crippen LogP contribution in [0.2, 0.25) is 0 Å². The van der Waals surface area contributed by atoms with Crippen molar-refractivity contribution < 1.29 is 9.50 Å². The van der Waals surface area contributed by atoms with E-state index in [-0.39, 0.29) is 18.2 Å². The molecule has 0 radical (unpaired) electrons. The number of nitrogens with one attached hydrogen (secondary N) is 2. The van der Waals surface area contributed by atoms with Gasteiger partial charge in [0.25, 0.3) is 0 Å². The van der Waals surface area contributed by atoms with Crippen LogP contribution in [0.1, 0.15) is 19.3 Å². The summed E-state index contributed by atoms with van der Waals surface area (Å²) < 4.78 is 15.7. The second kappa shape index (κ2) is 10.6. The van der Waals surface area contributed by atoms with Gasteiger partial charge in [-0.05, 0) is 19.9 Å². The number of likely N-dealkylation sites (N-methyl/N-ethyl adjacent to an activating group) is 1. The van der Waals surface area contributed by atoms with Crippen LogP contribution in [0.15, 0.2) is 0 Å². The predicted molar refractivity (Wildman–Crippen MR) is 118 cm³/mol. The second-order valence-electron chi connectivity index (χ2n) is 8.81. The zero-order valence-electron chi connectivity index (χ0n) is 16.8. The van der Waals surface area contributed by atoms with Gasteiger partial charge in [0.2, 0.25) is 0 Å². The molecule has 7 N–H and O–H groups in total. The van der Waals surface area contributed by atoms with Crippen molar-refractivity contribution in [3.05, 3.63) is 0 Å². The molecule has 7 atom stereocenters. The molecule has 10 heteroatoms. The number of aliphatic hydroxyl groups is 1. The first-order valence-electron chi connectivity index (χ1n) is 10.5. The van der Waals surface area contributed by atoms with Crippen molar-refractivity contribution in [1.29, 1.82) is 0 Å². The van der Waals surface area contributed by atoms with Crippen molar-refractivity contribution in [3.63, 3.8) is 0 Å². The Labute approximate surface area is 182 Å². The first kappa shape index (κ1) is 23.0. The van der Waals surface area contributed by atoms with Crippen LogP contribution in [0.25, 0.3) is 0 Å². The lowest BCUT2D eigenvalue weighted by molar-refractivity contribution is 0.0508. The monoisotopic (exact) mass is 513 g/mol. The number of piperidine rings is 3. The average Bonchev–Trinajstić information content (AvgIpc) is 2.62. The highest BCUT2D eigenvalue weighted by Crippen LogP contribution is 2.21. The Balaban J connectivity index is 1.41. The fourth-order valence-electron chi connectivity index (χ4n) is 4.63. The molecule has 3 heterocycles. The number of hydrogen-bond acceptors (Lipinski definition) is 8. The predicted octanol–water partition coefficient (Wildman–Crippen LogP) is -1.32. The smallest absolute Gasteiger partial charge is 0.118 e. The molecule has 0 aromatic heterocycles. The van der Waals surface area contributed by atoms with Crippen LogP contribution in [0.3, 0.4) is 0 Å². The van der Waals surface area contributed by atoms with Gasteiger partial charge in [-0.25, -0.2) is 7.50 Å². The lowest BCUT2D eigenvalue weighted by Gasteiger charge is -2.43. The Bertz CT molecular complexity index is 493. The molecule has 0 amide bonds. The number of hydrogen-bond donors (Lipinski definition) is 5. The highest BCUT2D eigenvalue weighted by atomic mass is 127. The summed E-state index contributed by atoms with van der Waals surface area (Å²) in [5.74, 6) is 0. The van der Waals surface area contributed by atoms with Crippen molar-refractivity contribution >= 4 is 22.9 Å². The van der Waals surface area contributed by atoms with E-state index >= 15 is 0 Å². The van der Waals surface area contributed by atoms with Gasteiger partial charge in [-0.15, -0.1) is 0 Å². The molecule has 3 aliphatic rings. The van der Waals surface area contributed by atoms with Crippen LogP contribution in [0.4, 0.5) is 4.39 Å². The van der Waals surface area contributed by atoms with Gasteiger partial charge in [0.05, 0.1) is 12.3 Å². The summed E-state index contributed by atoms with van der Waals surface area (Å²) in [6, 6.07) is 0.269. The molecule has 3 fully saturated rings. The summed E-state index contributed by atoms with van der Waals surface area (Å²) >= 11 is 2.31. The van der Waals surface area contributed by atoms with Crippen molar-refractivity contribution in [2.75, 3.05) is 52.9 Å². The Morgan fingerprint density at radius 2 is 1.86 bits per heavy atom. The first-order chi connectivity index (χ1) is 13.3. The molecule has 8 nitrogen and oxygen atoms in total. The third-order valence-corrected chi connectivity index (χ3v) is 7.33. The fraction of sp³-hybridized carbons (Fsp3) is 1.00. The van der Waals surface area contributed by atoms with Crippen LogP contribution in [-0.4, -0.2) is 113 Å². The fourth-order valence-corrected chi connectivity index (χ4v) is 5.47. The molecular weight excluding hydrogens is 476 g/mol. The summed E-state index contributed by atoms with van der Waals surface area (Å²) in [6.07, 6.45) is 1.11. The van der Waals surface area contributed by atoms with Crippen LogP contribution in [0.5, 0.6) is 0 Å². The van der Waals surface area contributed by atoms with E-state index < -0.39 is 12.3 Å². The number of likely N-dealkylation sites (tertiary alicyclic amines) is 2. The maximum Gasteiger partial charge on any atom is 0.118 e. The van der Waals surface area contributed by atoms with Gasteiger partial charge in [-0.2, -0.15) is 0 Å². The van der Waals surface area contributed by atoms with Gasteiger partial charge in [0.15, 0.2) is 0 Å². The first-order valence-corrected chi connectivity index (χ1v) is 11.4. The number of alkyl halides is 1. The lowest BCUT2D eigenvalue weighted by Crippen LogP contribution is -2.62. The Morgan fingerprint density at radius 3 is 2.61 bits per heavy atom. The van der Waals surface area contributed by atoms with Crippen LogP contribution in [0, 0.1) is 0 Å². The van der Waals surface area contributed by atoms with Crippen molar-refractivity contribution in [2.45, 2.75) is 61.9 Å². The standard InChI is InChI=1S/C18H37FIN7O/c1-25-8-12(23-3-5-26-4-2-14(19)15(21)10-26)6-13(9-25)24-18-7-17(28)16(22)11-27(18)20/h12-18,23-24,28H,2-11,21-22H2,1H3/t12?,13?,14?,15?,16-,17+,18?/m0/s1. The highest BCUT2D eigenvalue weighted by Gasteiger charge is 2.34. The SMILES string of the molecule is CN1CC(NCCN2CCC(F)C(N)C2)CC(NC2C[C@@H](O)[C@@H](N)CN2I)C1. The van der Waals surface area contributed by atoms with E-state index in [0.717, 1.165) is 39.1 Å². The maximum atomic E-state index is 13.5. The van der Waals surface area contributed by atoms with Gasteiger partial charge in [-0.3, -0.25) is 5.32 Å². The van der Waals surface area contributed by atoms with Crippen molar-refractivity contribution in [3.8, 4) is 0 Å². The molecule has 3 rings (SSSR count). The molecule has 3 saturated heterocycles. The molecular formula is C18H37FIN7O. The third kappa shape index (κ3) is 6.42. The normalized spacial score (nSPS) is 42.0. The van der Waals surface area contributed by atoms with Gasteiger partial charge >= 0.3 is 0 Å². The summed E-state index contributed by atoms with van der Waals surface area (Å²) in [7, 11) is 2.15. The van der Waals surface area contributed by atoms with Crippen molar-refractivity contribution in [2.24, 2.45) is 11.5 Å². The van der Waals surface area contributed by atoms with E-state index in [4.69, 9.17) is 11.5 Å². The molecule has 0 aliphatic carbocycles. The number of aliphatic hydroxyl groups excluding tert-OH is 1. The van der Waals surface area contributed by atoms with Crippen LogP contribution in [-0.2, 0) is 0 Å². The van der Waals surface area contributed by atoms with E-state index in [1.807, 2.05) is 0 Å². The van der Waals surface area contributed by atoms with E-state index in [1.54, 1.807) is 0 Å². The van der Waals surface area contributed by atoms with Crippen LogP contribution >= 0.6 is 22.9 Å². The second-order valence-corrected chi connectivity index (χ2v) is 10.0. The van der Waals surface area contributed by atoms with Crippen LogP contribution < -0.4 is 22.1 Å². The Morgan fingerprint density at radius 1 is 1.11 bits per heavy atom. The zero-order valence-corrected chi connectivity index (χ0v) is 19.0. The highest BCUT2D eigenvalue weighted by molar-refractivity contribution is 14.1. The summed E-state index contributed by atoms with van der Waals surface area (Å²) in [5.41, 5.74) is 11.8. The van der Waals surface area contributed by atoms with E-state index in [9.17, 15) is 9.50 Å². The maximum absolute atomic E-state index is 13.5. The summed E-state index contributed by atoms with van der Waals surface area (Å²) in [5, 5.41) is 17.5. The zero-order chi connectivity index (χ0) is 20.3. The van der Waals surface area contributed by atoms with Crippen molar-refractivity contribution in [1.82, 2.24) is 23.5 Å². The Hall–Kier alpha value is 0.340. The third-order valence-electron chi connectivity index (χ3n) is 6.26. The minimum absolute atomic E-state index is 0.149. The van der Waals surface area contributed by atoms with Gasteiger partial charge in [0.1, 0.15) is 6.17 Å². The minimum atomic E-state index is -0.853. The molecule has 164 valence electrons. The average molecular weight is 513 g/mol. The van der Waals surface area contributed by atoms with Gasteiger partial charge in [0, 0.05) is 99.3 Å². The summed E-state index contributed by atoms with van der Waals surface area (Å²) in [6.45, 7) is 5.97. The molecule has 28 heavy (non-hydrogen) atoms. The minimum Gasteiger partial charge on any atom is -0.391 e. The molecule has 0 saturated carbocycles. The lowest BCUT2D eigenvalue weighted by atomic mass is 9.98. The van der Waals surface area contributed by atoms with E-state index in [2.05, 4.69) is 53.5 Å². The van der Waals surface area contributed by atoms with E-state index in [0.29, 0.717) is 38.0 Å². The quantitative estimate of drug-likeness (QED) is 0.220. The molecule has 0 spiro atoms. The van der Waals surface area contributed by atoms with Gasteiger partial charge in [-0.1, -0.05) is 0 Å².